The Hall–Kier alpha value is -4.13. The van der Waals surface area contributed by atoms with Gasteiger partial charge in [0.25, 0.3) is 0 Å². The number of benzene rings is 3. The molecular weight excluding hydrogens is 696 g/mol. The van der Waals surface area contributed by atoms with Crippen molar-refractivity contribution in [3.8, 4) is 5.75 Å². The minimum Gasteiger partial charge on any atom is -0.494 e. The molecule has 1 saturated heterocycles. The summed E-state index contributed by atoms with van der Waals surface area (Å²) in [6.45, 7) is 4.23. The van der Waals surface area contributed by atoms with E-state index in [2.05, 4.69) is 27.9 Å². The molecule has 0 spiro atoms. The molecule has 3 atom stereocenters. The predicted molar refractivity (Wildman–Crippen MR) is 205 cm³/mol. The van der Waals surface area contributed by atoms with Gasteiger partial charge in [0.15, 0.2) is 20.3 Å². The molecule has 14 heteroatoms. The van der Waals surface area contributed by atoms with Crippen LogP contribution in [0.3, 0.4) is 0 Å². The van der Waals surface area contributed by atoms with Gasteiger partial charge in [-0.2, -0.15) is 15.0 Å². The first-order valence-corrected chi connectivity index (χ1v) is 19.6. The average molecular weight is 749 g/mol. The number of halogens is 1. The van der Waals surface area contributed by atoms with Crippen molar-refractivity contribution in [2.24, 2.45) is 0 Å². The molecule has 2 heterocycles. The van der Waals surface area contributed by atoms with Crippen molar-refractivity contribution in [3.05, 3.63) is 95.8 Å². The molecule has 0 amide bonds. The van der Waals surface area contributed by atoms with E-state index in [9.17, 15) is 8.96 Å². The lowest BCUT2D eigenvalue weighted by molar-refractivity contribution is -1.06. The highest BCUT2D eigenvalue weighted by Gasteiger charge is 2.61. The van der Waals surface area contributed by atoms with E-state index in [1.807, 2.05) is 60.7 Å². The van der Waals surface area contributed by atoms with E-state index >= 15 is 0 Å². The summed E-state index contributed by atoms with van der Waals surface area (Å²) in [6.07, 6.45) is 6.89. The van der Waals surface area contributed by atoms with Crippen LogP contribution in [-0.4, -0.2) is 64.4 Å². The Morgan fingerprint density at radius 1 is 0.830 bits per heavy atom. The molecule has 53 heavy (non-hydrogen) atoms. The van der Waals surface area contributed by atoms with E-state index in [-0.39, 0.29) is 41.5 Å². The number of quaternary nitrogens is 1. The molecular formula is C39H52FN7O5P+. The highest BCUT2D eigenvalue weighted by Crippen LogP contribution is 2.42. The Bertz CT molecular complexity index is 1710. The molecule has 1 saturated carbocycles. The van der Waals surface area contributed by atoms with Crippen LogP contribution in [-0.2, 0) is 31.8 Å². The summed E-state index contributed by atoms with van der Waals surface area (Å²) in [4.78, 5) is 14.2. The average Bonchev–Trinajstić information content (AvgIpc) is 3.45. The summed E-state index contributed by atoms with van der Waals surface area (Å²) in [6, 6.07) is 24.5. The number of hydrogen-bond acceptors (Lipinski definition) is 11. The lowest BCUT2D eigenvalue weighted by atomic mass is 10.1. The van der Waals surface area contributed by atoms with Gasteiger partial charge in [-0.1, -0.05) is 86.3 Å². The highest BCUT2D eigenvalue weighted by atomic mass is 31.1. The van der Waals surface area contributed by atoms with Crippen LogP contribution in [0.25, 0.3) is 0 Å². The van der Waals surface area contributed by atoms with Crippen molar-refractivity contribution in [2.75, 3.05) is 42.7 Å². The second-order valence-electron chi connectivity index (χ2n) is 13.7. The van der Waals surface area contributed by atoms with Crippen molar-refractivity contribution in [1.82, 2.24) is 15.0 Å². The van der Waals surface area contributed by atoms with Crippen molar-refractivity contribution in [1.29, 1.82) is 0 Å². The lowest BCUT2D eigenvalue weighted by Crippen LogP contribution is -2.70. The summed E-state index contributed by atoms with van der Waals surface area (Å²) in [5, 5.41) is 10.2. The third-order valence-electron chi connectivity index (χ3n) is 10.4. The number of anilines is 4. The van der Waals surface area contributed by atoms with E-state index in [1.165, 1.54) is 26.0 Å². The summed E-state index contributed by atoms with van der Waals surface area (Å²) in [7, 11) is -0.249. The fraction of sp³-hybridized carbons (Fsp3) is 0.462. The molecule has 6 rings (SSSR count). The summed E-state index contributed by atoms with van der Waals surface area (Å²) in [5.41, 5.74) is 2.37. The molecule has 0 bridgehead atoms. The maximum Gasteiger partial charge on any atom is 0.455 e. The quantitative estimate of drug-likeness (QED) is 0.0396. The molecule has 3 N–H and O–H groups in total. The first-order valence-electron chi connectivity index (χ1n) is 18.7. The first-order chi connectivity index (χ1) is 26.0. The fourth-order valence-corrected chi connectivity index (χ4v) is 8.05. The van der Waals surface area contributed by atoms with E-state index in [4.69, 9.17) is 28.7 Å². The lowest BCUT2D eigenvalue weighted by Gasteiger charge is -2.49. The zero-order chi connectivity index (χ0) is 36.9. The van der Waals surface area contributed by atoms with Crippen LogP contribution in [0.2, 0.25) is 0 Å². The second kappa shape index (κ2) is 18.8. The number of likely N-dealkylation sites (N-methyl/N-ethyl adjacent to an activating group) is 1. The van der Waals surface area contributed by atoms with E-state index in [0.717, 1.165) is 49.7 Å². The Morgan fingerprint density at radius 2 is 1.47 bits per heavy atom. The number of nitrogens with one attached hydrogen (secondary N) is 3. The molecule has 3 unspecified atom stereocenters. The summed E-state index contributed by atoms with van der Waals surface area (Å²) >= 11 is 0. The van der Waals surface area contributed by atoms with Crippen LogP contribution < -0.4 is 20.7 Å². The SMILES string of the molecule is CC[N+]1(C(OCc2ccccc2)(OCc2ccccc2)O[PH2]=O)CCCC1CNc1nc(Nc2ccc(OC)c(F)c2)nc(NC2CCCCCC2)n1. The summed E-state index contributed by atoms with van der Waals surface area (Å²) in [5.74, 6) is 0.739. The molecule has 0 radical (unpaired) electrons. The van der Waals surface area contributed by atoms with Crippen molar-refractivity contribution in [2.45, 2.75) is 89.7 Å². The predicted octanol–water partition coefficient (Wildman–Crippen LogP) is 8.04. The number of rotatable bonds is 18. The van der Waals surface area contributed by atoms with Gasteiger partial charge in [-0.3, -0.25) is 14.0 Å². The molecule has 12 nitrogen and oxygen atoms in total. The van der Waals surface area contributed by atoms with Gasteiger partial charge in [0.05, 0.1) is 40.0 Å². The monoisotopic (exact) mass is 748 g/mol. The standard InChI is InChI=1S/C39H52FN7O5P/c1-3-47(39(52-53-48,50-27-29-15-8-6-9-16-29)51-28-30-17-10-7-11-18-30)24-14-21-33(47)26-41-36-44-37(42-31-19-12-4-5-13-20-31)46-38(45-36)43-32-22-23-35(49-2)34(40)25-32/h6-11,15-18,22-23,25,31,33H,3-5,12-14,19-21,24,26-28,53H2,1-2H3,(H3,41,42,43,44,45,46)/q+1. The van der Waals surface area contributed by atoms with Crippen LogP contribution in [0.15, 0.2) is 78.9 Å². The molecule has 284 valence electrons. The Balaban J connectivity index is 1.28. The van der Waals surface area contributed by atoms with Crippen molar-refractivity contribution < 1.29 is 32.2 Å². The van der Waals surface area contributed by atoms with Crippen LogP contribution in [0.1, 0.15) is 69.4 Å². The zero-order valence-corrected chi connectivity index (χ0v) is 31.8. The van der Waals surface area contributed by atoms with Gasteiger partial charge in [-0.15, -0.1) is 0 Å². The van der Waals surface area contributed by atoms with Crippen molar-refractivity contribution >= 4 is 32.2 Å². The number of ether oxygens (including phenoxy) is 3. The largest absolute Gasteiger partial charge is 0.494 e. The van der Waals surface area contributed by atoms with Gasteiger partial charge in [-0.05, 0) is 43.0 Å². The van der Waals surface area contributed by atoms with Gasteiger partial charge in [0.2, 0.25) is 17.8 Å². The Kier molecular flexibility index (Phi) is 13.7. The minimum absolute atomic E-state index is 0.0837. The van der Waals surface area contributed by atoms with E-state index in [1.54, 1.807) is 12.1 Å². The van der Waals surface area contributed by atoms with Gasteiger partial charge < -0.3 is 20.7 Å². The maximum absolute atomic E-state index is 14.6. The highest BCUT2D eigenvalue weighted by molar-refractivity contribution is 7.17. The Labute approximate surface area is 312 Å². The normalized spacial score (nSPS) is 19.6. The molecule has 2 fully saturated rings. The number of likely N-dealkylation sites (tertiary alicyclic amines) is 1. The zero-order valence-electron chi connectivity index (χ0n) is 30.6. The third-order valence-corrected chi connectivity index (χ3v) is 10.7. The number of aromatic nitrogens is 3. The van der Waals surface area contributed by atoms with Crippen LogP contribution in [0, 0.1) is 5.82 Å². The molecule has 1 aliphatic heterocycles. The first kappa shape index (κ1) is 38.6. The van der Waals surface area contributed by atoms with Gasteiger partial charge in [-0.25, -0.2) is 13.4 Å². The third kappa shape index (κ3) is 9.71. The van der Waals surface area contributed by atoms with Crippen LogP contribution >= 0.6 is 8.69 Å². The van der Waals surface area contributed by atoms with Gasteiger partial charge in [0.1, 0.15) is 6.04 Å². The topological polar surface area (TPSA) is 129 Å². The smallest absolute Gasteiger partial charge is 0.455 e. The summed E-state index contributed by atoms with van der Waals surface area (Å²) < 4.78 is 52.1. The maximum atomic E-state index is 14.6. The molecule has 1 aromatic heterocycles. The van der Waals surface area contributed by atoms with E-state index in [0.29, 0.717) is 37.2 Å². The molecule has 2 aliphatic rings. The van der Waals surface area contributed by atoms with E-state index < -0.39 is 20.6 Å². The Morgan fingerprint density at radius 3 is 2.08 bits per heavy atom. The second-order valence-corrected chi connectivity index (χ2v) is 14.1. The number of nitrogens with zero attached hydrogens (tertiary/aromatic N) is 4. The number of hydrogen-bond donors (Lipinski definition) is 3. The molecule has 3 aromatic carbocycles. The fourth-order valence-electron chi connectivity index (χ4n) is 7.58. The molecule has 4 aromatic rings. The van der Waals surface area contributed by atoms with Crippen LogP contribution in [0.4, 0.5) is 27.9 Å². The minimum atomic E-state index is -1.68. The van der Waals surface area contributed by atoms with Crippen molar-refractivity contribution in [3.63, 3.8) is 0 Å². The molecule has 1 aliphatic carbocycles. The van der Waals surface area contributed by atoms with Crippen LogP contribution in [0.5, 0.6) is 5.75 Å². The number of methoxy groups -OCH3 is 1. The van der Waals surface area contributed by atoms with Gasteiger partial charge >= 0.3 is 6.10 Å². The van der Waals surface area contributed by atoms with Gasteiger partial charge in [0, 0.05) is 30.6 Å².